The van der Waals surface area contributed by atoms with Crippen molar-refractivity contribution in [3.05, 3.63) is 59.7 Å². The summed E-state index contributed by atoms with van der Waals surface area (Å²) in [5.41, 5.74) is 2.95. The second-order valence-electron chi connectivity index (χ2n) is 8.58. The molecule has 2 aromatic carbocycles. The van der Waals surface area contributed by atoms with E-state index in [0.29, 0.717) is 6.10 Å². The van der Waals surface area contributed by atoms with Gasteiger partial charge < -0.3 is 9.47 Å². The van der Waals surface area contributed by atoms with Crippen LogP contribution in [0.2, 0.25) is 0 Å². The maximum Gasteiger partial charge on any atom is 0.119 e. The molecule has 1 unspecified atom stereocenters. The van der Waals surface area contributed by atoms with Crippen LogP contribution in [0.4, 0.5) is 0 Å². The lowest BCUT2D eigenvalue weighted by Crippen LogP contribution is -2.30. The van der Waals surface area contributed by atoms with E-state index in [9.17, 15) is 0 Å². The molecule has 2 nitrogen and oxygen atoms in total. The first-order chi connectivity index (χ1) is 14.1. The average Bonchev–Trinajstić information content (AvgIpc) is 2.78. The molecule has 0 aromatic heterocycles. The quantitative estimate of drug-likeness (QED) is 0.434. The van der Waals surface area contributed by atoms with Crippen molar-refractivity contribution in [2.75, 3.05) is 0 Å². The first-order valence-corrected chi connectivity index (χ1v) is 11.7. The van der Waals surface area contributed by atoms with E-state index in [-0.39, 0.29) is 11.5 Å². The van der Waals surface area contributed by atoms with E-state index in [1.165, 1.54) is 43.2 Å². The van der Waals surface area contributed by atoms with Crippen molar-refractivity contribution in [2.45, 2.75) is 96.7 Å². The molecule has 158 valence electrons. The van der Waals surface area contributed by atoms with Crippen LogP contribution in [0.15, 0.2) is 48.5 Å². The second-order valence-corrected chi connectivity index (χ2v) is 8.58. The van der Waals surface area contributed by atoms with Gasteiger partial charge in [0.2, 0.25) is 0 Å². The molecule has 0 amide bonds. The summed E-state index contributed by atoms with van der Waals surface area (Å²) in [5.74, 6) is 1.97. The Morgan fingerprint density at radius 1 is 0.690 bits per heavy atom. The van der Waals surface area contributed by atoms with Gasteiger partial charge in [0.15, 0.2) is 0 Å². The van der Waals surface area contributed by atoms with Gasteiger partial charge in [-0.05, 0) is 74.4 Å². The van der Waals surface area contributed by atoms with Gasteiger partial charge in [0.05, 0.1) is 12.2 Å². The van der Waals surface area contributed by atoms with Crippen molar-refractivity contribution in [3.8, 4) is 11.5 Å². The fourth-order valence-corrected chi connectivity index (χ4v) is 4.57. The van der Waals surface area contributed by atoms with Gasteiger partial charge in [0.1, 0.15) is 11.5 Å². The molecule has 0 heterocycles. The molecule has 1 atom stereocenters. The number of hydrogen-bond donors (Lipinski definition) is 0. The predicted octanol–water partition coefficient (Wildman–Crippen LogP) is 7.68. The average molecular weight is 395 g/mol. The largest absolute Gasteiger partial charge is 0.491 e. The fraction of sp³-hybridized carbons (Fsp3) is 0.556. The van der Waals surface area contributed by atoms with E-state index in [4.69, 9.17) is 9.47 Å². The highest BCUT2D eigenvalue weighted by molar-refractivity contribution is 5.43. The molecular formula is C27H38O2. The Kier molecular flexibility index (Phi) is 7.64. The molecule has 0 aliphatic heterocycles. The van der Waals surface area contributed by atoms with E-state index in [0.717, 1.165) is 30.8 Å². The highest BCUT2D eigenvalue weighted by atomic mass is 16.5. The fourth-order valence-electron chi connectivity index (χ4n) is 4.57. The Balaban J connectivity index is 1.85. The van der Waals surface area contributed by atoms with Crippen LogP contribution in [-0.2, 0) is 5.41 Å². The van der Waals surface area contributed by atoms with Crippen molar-refractivity contribution in [1.29, 1.82) is 0 Å². The predicted molar refractivity (Wildman–Crippen MR) is 122 cm³/mol. The lowest BCUT2D eigenvalue weighted by atomic mass is 9.65. The Hall–Kier alpha value is -1.96. The van der Waals surface area contributed by atoms with E-state index >= 15 is 0 Å². The molecule has 3 rings (SSSR count). The van der Waals surface area contributed by atoms with Crippen LogP contribution in [-0.4, -0.2) is 12.2 Å². The van der Waals surface area contributed by atoms with Gasteiger partial charge in [-0.3, -0.25) is 0 Å². The van der Waals surface area contributed by atoms with E-state index in [1.807, 2.05) is 0 Å². The van der Waals surface area contributed by atoms with Crippen molar-refractivity contribution in [2.24, 2.45) is 0 Å². The van der Waals surface area contributed by atoms with Crippen LogP contribution in [0.1, 0.15) is 90.2 Å². The topological polar surface area (TPSA) is 18.5 Å². The summed E-state index contributed by atoms with van der Waals surface area (Å²) in [4.78, 5) is 0. The molecule has 1 fully saturated rings. The van der Waals surface area contributed by atoms with Crippen molar-refractivity contribution in [3.63, 3.8) is 0 Å². The van der Waals surface area contributed by atoms with Crippen LogP contribution in [0.3, 0.4) is 0 Å². The number of benzene rings is 2. The Labute approximate surface area is 177 Å². The first-order valence-electron chi connectivity index (χ1n) is 11.7. The number of hydrogen-bond acceptors (Lipinski definition) is 2. The minimum atomic E-state index is 0.112. The molecule has 0 radical (unpaired) electrons. The molecule has 29 heavy (non-hydrogen) atoms. The molecule has 0 saturated heterocycles. The first kappa shape index (κ1) is 21.7. The summed E-state index contributed by atoms with van der Waals surface area (Å²) in [6, 6.07) is 17.8. The zero-order valence-corrected chi connectivity index (χ0v) is 18.7. The van der Waals surface area contributed by atoms with E-state index in [2.05, 4.69) is 76.2 Å². The molecule has 0 N–H and O–H groups in total. The summed E-state index contributed by atoms with van der Waals surface area (Å²) in [6.45, 7) is 8.66. The maximum atomic E-state index is 6.14. The van der Waals surface area contributed by atoms with Gasteiger partial charge in [-0.1, -0.05) is 64.3 Å². The SMILES string of the molecule is CCC(C)Oc1ccc(C2(c3ccc(OC(CC)CC)cc3)CCCCC2)cc1. The molecule has 0 spiro atoms. The third-order valence-corrected chi connectivity index (χ3v) is 6.65. The smallest absolute Gasteiger partial charge is 0.119 e. The lowest BCUT2D eigenvalue weighted by Gasteiger charge is -2.39. The summed E-state index contributed by atoms with van der Waals surface area (Å²) in [7, 11) is 0. The van der Waals surface area contributed by atoms with Crippen molar-refractivity contribution >= 4 is 0 Å². The molecule has 1 saturated carbocycles. The van der Waals surface area contributed by atoms with Crippen molar-refractivity contribution in [1.82, 2.24) is 0 Å². The summed E-state index contributed by atoms with van der Waals surface area (Å²) < 4.78 is 12.1. The van der Waals surface area contributed by atoms with Gasteiger partial charge in [-0.15, -0.1) is 0 Å². The molecule has 2 aromatic rings. The van der Waals surface area contributed by atoms with Gasteiger partial charge in [0, 0.05) is 5.41 Å². The molecule has 2 heteroatoms. The molecule has 1 aliphatic rings. The van der Waals surface area contributed by atoms with Crippen molar-refractivity contribution < 1.29 is 9.47 Å². The normalized spacial score (nSPS) is 17.1. The molecular weight excluding hydrogens is 356 g/mol. The van der Waals surface area contributed by atoms with Crippen LogP contribution >= 0.6 is 0 Å². The highest BCUT2D eigenvalue weighted by Gasteiger charge is 2.35. The summed E-state index contributed by atoms with van der Waals surface area (Å²) in [5, 5.41) is 0. The minimum absolute atomic E-state index is 0.112. The highest BCUT2D eigenvalue weighted by Crippen LogP contribution is 2.45. The maximum absolute atomic E-state index is 6.14. The number of ether oxygens (including phenoxy) is 2. The van der Waals surface area contributed by atoms with Gasteiger partial charge >= 0.3 is 0 Å². The van der Waals surface area contributed by atoms with Crippen LogP contribution < -0.4 is 9.47 Å². The third-order valence-electron chi connectivity index (χ3n) is 6.65. The van der Waals surface area contributed by atoms with Gasteiger partial charge in [-0.25, -0.2) is 0 Å². The lowest BCUT2D eigenvalue weighted by molar-refractivity contribution is 0.192. The molecule has 1 aliphatic carbocycles. The number of rotatable bonds is 9. The zero-order valence-electron chi connectivity index (χ0n) is 18.7. The van der Waals surface area contributed by atoms with E-state index in [1.54, 1.807) is 0 Å². The Bertz CT molecular complexity index is 722. The monoisotopic (exact) mass is 394 g/mol. The summed E-state index contributed by atoms with van der Waals surface area (Å²) >= 11 is 0. The third kappa shape index (κ3) is 5.15. The van der Waals surface area contributed by atoms with Crippen LogP contribution in [0.25, 0.3) is 0 Å². The van der Waals surface area contributed by atoms with E-state index < -0.39 is 0 Å². The van der Waals surface area contributed by atoms with Crippen LogP contribution in [0.5, 0.6) is 11.5 Å². The molecule has 0 bridgehead atoms. The standard InChI is InChI=1S/C27H38O2/c1-5-21(4)28-25-15-11-22(12-16-25)27(19-9-8-10-20-27)23-13-17-26(18-14-23)29-24(6-2)7-3/h11-18,21,24H,5-10,19-20H2,1-4H3. The Morgan fingerprint density at radius 3 is 1.62 bits per heavy atom. The Morgan fingerprint density at radius 2 is 1.17 bits per heavy atom. The second kappa shape index (κ2) is 10.2. The van der Waals surface area contributed by atoms with Gasteiger partial charge in [-0.2, -0.15) is 0 Å². The van der Waals surface area contributed by atoms with Crippen LogP contribution in [0, 0.1) is 0 Å². The zero-order chi connectivity index (χ0) is 20.7. The van der Waals surface area contributed by atoms with Gasteiger partial charge in [0.25, 0.3) is 0 Å². The summed E-state index contributed by atoms with van der Waals surface area (Å²) in [6.07, 6.45) is 10.0. The minimum Gasteiger partial charge on any atom is -0.491 e.